The molecule has 3 N–H and O–H groups in total. The zero-order valence-electron chi connectivity index (χ0n) is 11.1. The maximum atomic E-state index is 10.8. The first-order valence-electron chi connectivity index (χ1n) is 6.47. The van der Waals surface area contributed by atoms with Gasteiger partial charge in [0.05, 0.1) is 16.9 Å². The summed E-state index contributed by atoms with van der Waals surface area (Å²) in [6.45, 7) is 6.09. The van der Waals surface area contributed by atoms with Gasteiger partial charge in [0.2, 0.25) is 0 Å². The van der Waals surface area contributed by atoms with Gasteiger partial charge >= 0.3 is 5.97 Å². The second-order valence-corrected chi connectivity index (χ2v) is 4.37. The molecule has 0 saturated heterocycles. The van der Waals surface area contributed by atoms with Crippen molar-refractivity contribution in [2.75, 3.05) is 23.7 Å². The van der Waals surface area contributed by atoms with E-state index in [9.17, 15) is 4.79 Å². The van der Waals surface area contributed by atoms with Crippen LogP contribution in [0.25, 0.3) is 0 Å². The van der Waals surface area contributed by atoms with Crippen LogP contribution in [0.4, 0.5) is 11.4 Å². The molecule has 0 unspecified atom stereocenters. The topological polar surface area (TPSA) is 66.6 Å². The molecule has 0 fully saturated rings. The van der Waals surface area contributed by atoms with E-state index in [0.717, 1.165) is 25.2 Å². The highest BCUT2D eigenvalue weighted by Gasteiger charge is 2.10. The van der Waals surface area contributed by atoms with Crippen LogP contribution in [0, 0.1) is 0 Å². The lowest BCUT2D eigenvalue weighted by Gasteiger charge is -2.24. The normalized spacial score (nSPS) is 10.3. The highest BCUT2D eigenvalue weighted by Crippen LogP contribution is 2.24. The van der Waals surface area contributed by atoms with Crippen molar-refractivity contribution < 1.29 is 9.90 Å². The largest absolute Gasteiger partial charge is 0.478 e. The van der Waals surface area contributed by atoms with Gasteiger partial charge < -0.3 is 15.7 Å². The summed E-state index contributed by atoms with van der Waals surface area (Å²) in [5, 5.41) is 8.90. The van der Waals surface area contributed by atoms with Crippen LogP contribution in [0.5, 0.6) is 0 Å². The van der Waals surface area contributed by atoms with Crippen LogP contribution < -0.4 is 10.6 Å². The van der Waals surface area contributed by atoms with Gasteiger partial charge in [-0.25, -0.2) is 4.79 Å². The number of carboxylic acid groups (broad SMARTS) is 1. The minimum atomic E-state index is -0.942. The van der Waals surface area contributed by atoms with E-state index in [1.807, 2.05) is 0 Å². The molecule has 18 heavy (non-hydrogen) atoms. The van der Waals surface area contributed by atoms with Crippen molar-refractivity contribution in [1.29, 1.82) is 0 Å². The number of aromatic carboxylic acids is 1. The molecule has 0 heterocycles. The number of hydrogen-bond donors (Lipinski definition) is 2. The third kappa shape index (κ3) is 3.65. The molecule has 0 bridgehead atoms. The van der Waals surface area contributed by atoms with Crippen LogP contribution in [0.15, 0.2) is 18.2 Å². The number of nitrogens with zero attached hydrogens (tertiary/aromatic N) is 1. The molecule has 0 aliphatic carbocycles. The van der Waals surface area contributed by atoms with Crippen LogP contribution >= 0.6 is 0 Å². The molecule has 0 aliphatic rings. The third-order valence-electron chi connectivity index (χ3n) is 3.03. The van der Waals surface area contributed by atoms with Crippen molar-refractivity contribution in [2.24, 2.45) is 0 Å². The molecular formula is C14H22N2O2. The molecule has 4 heteroatoms. The fraction of sp³-hybridized carbons (Fsp3) is 0.500. The van der Waals surface area contributed by atoms with Crippen LogP contribution in [-0.2, 0) is 0 Å². The summed E-state index contributed by atoms with van der Waals surface area (Å²) >= 11 is 0. The van der Waals surface area contributed by atoms with Crippen molar-refractivity contribution in [1.82, 2.24) is 0 Å². The Kier molecular flexibility index (Phi) is 5.49. The summed E-state index contributed by atoms with van der Waals surface area (Å²) in [7, 11) is 0. The molecule has 0 amide bonds. The van der Waals surface area contributed by atoms with E-state index in [4.69, 9.17) is 10.8 Å². The number of nitrogens with two attached hydrogens (primary N) is 1. The first kappa shape index (κ1) is 14.4. The number of nitrogen functional groups attached to an aromatic ring is 1. The number of anilines is 2. The molecule has 1 aromatic rings. The number of carboxylic acids is 1. The smallest absolute Gasteiger partial charge is 0.335 e. The number of hydrogen-bond acceptors (Lipinski definition) is 3. The Morgan fingerprint density at radius 1 is 1.33 bits per heavy atom. The van der Waals surface area contributed by atoms with E-state index < -0.39 is 5.97 Å². The van der Waals surface area contributed by atoms with E-state index in [0.29, 0.717) is 5.69 Å². The van der Waals surface area contributed by atoms with E-state index in [-0.39, 0.29) is 5.56 Å². The third-order valence-corrected chi connectivity index (χ3v) is 3.03. The summed E-state index contributed by atoms with van der Waals surface area (Å²) < 4.78 is 0. The van der Waals surface area contributed by atoms with Gasteiger partial charge in [0.25, 0.3) is 0 Å². The standard InChI is InChI=1S/C14H22N2O2/c1-3-5-6-9-16(4-2)13-8-7-11(14(17)18)10-12(13)15/h7-8,10H,3-6,9,15H2,1-2H3,(H,17,18). The minimum Gasteiger partial charge on any atom is -0.478 e. The predicted octanol–water partition coefficient (Wildman–Crippen LogP) is 2.98. The second kappa shape index (κ2) is 6.89. The quantitative estimate of drug-likeness (QED) is 0.576. The van der Waals surface area contributed by atoms with Crippen molar-refractivity contribution in [3.63, 3.8) is 0 Å². The van der Waals surface area contributed by atoms with E-state index >= 15 is 0 Å². The van der Waals surface area contributed by atoms with Crippen molar-refractivity contribution in [2.45, 2.75) is 33.1 Å². The van der Waals surface area contributed by atoms with Crippen molar-refractivity contribution in [3.05, 3.63) is 23.8 Å². The summed E-state index contributed by atoms with van der Waals surface area (Å²) in [5.41, 5.74) is 7.64. The Labute approximate surface area is 108 Å². The number of carbonyl (C=O) groups is 1. The predicted molar refractivity (Wildman–Crippen MR) is 75.2 cm³/mol. The van der Waals surface area contributed by atoms with E-state index in [1.54, 1.807) is 12.1 Å². The Morgan fingerprint density at radius 3 is 2.56 bits per heavy atom. The Morgan fingerprint density at radius 2 is 2.06 bits per heavy atom. The molecular weight excluding hydrogens is 228 g/mol. The lowest BCUT2D eigenvalue weighted by atomic mass is 10.1. The first-order chi connectivity index (χ1) is 8.60. The van der Waals surface area contributed by atoms with E-state index in [2.05, 4.69) is 18.7 Å². The van der Waals surface area contributed by atoms with Crippen LogP contribution in [-0.4, -0.2) is 24.2 Å². The van der Waals surface area contributed by atoms with Crippen LogP contribution in [0.2, 0.25) is 0 Å². The summed E-state index contributed by atoms with van der Waals surface area (Å²) in [4.78, 5) is 13.0. The van der Waals surface area contributed by atoms with Gasteiger partial charge in [-0.3, -0.25) is 0 Å². The SMILES string of the molecule is CCCCCN(CC)c1ccc(C(=O)O)cc1N. The molecule has 1 rings (SSSR count). The summed E-state index contributed by atoms with van der Waals surface area (Å²) in [6, 6.07) is 4.94. The first-order valence-corrected chi connectivity index (χ1v) is 6.47. The molecule has 0 aromatic heterocycles. The van der Waals surface area contributed by atoms with Crippen molar-refractivity contribution in [3.8, 4) is 0 Å². The van der Waals surface area contributed by atoms with Gasteiger partial charge in [0.1, 0.15) is 0 Å². The molecule has 4 nitrogen and oxygen atoms in total. The zero-order valence-corrected chi connectivity index (χ0v) is 11.1. The number of rotatable bonds is 7. The van der Waals surface area contributed by atoms with Gasteiger partial charge in [-0.2, -0.15) is 0 Å². The van der Waals surface area contributed by atoms with E-state index in [1.165, 1.54) is 18.9 Å². The molecule has 0 radical (unpaired) electrons. The number of benzene rings is 1. The highest BCUT2D eigenvalue weighted by atomic mass is 16.4. The fourth-order valence-electron chi connectivity index (χ4n) is 1.98. The maximum absolute atomic E-state index is 10.8. The van der Waals surface area contributed by atoms with Crippen LogP contribution in [0.1, 0.15) is 43.5 Å². The lowest BCUT2D eigenvalue weighted by Crippen LogP contribution is -2.25. The van der Waals surface area contributed by atoms with Crippen LogP contribution in [0.3, 0.4) is 0 Å². The Bertz CT molecular complexity index is 405. The molecule has 0 spiro atoms. The maximum Gasteiger partial charge on any atom is 0.335 e. The summed E-state index contributed by atoms with van der Waals surface area (Å²) in [5.74, 6) is -0.942. The van der Waals surface area contributed by atoms with Gasteiger partial charge in [0, 0.05) is 13.1 Å². The van der Waals surface area contributed by atoms with Gasteiger partial charge in [-0.1, -0.05) is 19.8 Å². The lowest BCUT2D eigenvalue weighted by molar-refractivity contribution is 0.0697. The molecule has 100 valence electrons. The van der Waals surface area contributed by atoms with Gasteiger partial charge in [-0.05, 0) is 31.5 Å². The zero-order chi connectivity index (χ0) is 13.5. The Balaban J connectivity index is 2.82. The second-order valence-electron chi connectivity index (χ2n) is 4.37. The molecule has 0 atom stereocenters. The van der Waals surface area contributed by atoms with Crippen molar-refractivity contribution >= 4 is 17.3 Å². The average molecular weight is 250 g/mol. The van der Waals surface area contributed by atoms with Gasteiger partial charge in [0.15, 0.2) is 0 Å². The molecule has 1 aromatic carbocycles. The fourth-order valence-corrected chi connectivity index (χ4v) is 1.98. The minimum absolute atomic E-state index is 0.237. The molecule has 0 aliphatic heterocycles. The number of unbranched alkanes of at least 4 members (excludes halogenated alkanes) is 2. The Hall–Kier alpha value is -1.71. The van der Waals surface area contributed by atoms with Gasteiger partial charge in [-0.15, -0.1) is 0 Å². The summed E-state index contributed by atoms with van der Waals surface area (Å²) in [6.07, 6.45) is 3.51. The highest BCUT2D eigenvalue weighted by molar-refractivity contribution is 5.90. The average Bonchev–Trinajstić information content (AvgIpc) is 2.35. The monoisotopic (exact) mass is 250 g/mol. The molecule has 0 saturated carbocycles.